The second-order valence-corrected chi connectivity index (χ2v) is 5.43. The summed E-state index contributed by atoms with van der Waals surface area (Å²) in [6.07, 6.45) is 3.36. The zero-order valence-electron chi connectivity index (χ0n) is 12.5. The SMILES string of the molecule is COc1ccc(-c2cncc(C(=O)NCC3CNC3)c2)cc1. The molecular weight excluding hydrogens is 278 g/mol. The van der Waals surface area contributed by atoms with Gasteiger partial charge in [0, 0.05) is 43.5 Å². The predicted molar refractivity (Wildman–Crippen MR) is 84.9 cm³/mol. The van der Waals surface area contributed by atoms with Crippen LogP contribution < -0.4 is 15.4 Å². The molecule has 0 saturated carbocycles. The van der Waals surface area contributed by atoms with Crippen LogP contribution in [0.15, 0.2) is 42.7 Å². The minimum atomic E-state index is -0.0743. The van der Waals surface area contributed by atoms with Crippen molar-refractivity contribution in [3.8, 4) is 16.9 Å². The molecule has 1 fully saturated rings. The first-order valence-corrected chi connectivity index (χ1v) is 7.34. The maximum atomic E-state index is 12.2. The van der Waals surface area contributed by atoms with Crippen molar-refractivity contribution in [2.45, 2.75) is 0 Å². The lowest BCUT2D eigenvalue weighted by atomic mass is 10.0. The van der Waals surface area contributed by atoms with Crippen LogP contribution in [-0.2, 0) is 0 Å². The summed E-state index contributed by atoms with van der Waals surface area (Å²) in [6, 6.07) is 9.57. The van der Waals surface area contributed by atoms with Crippen LogP contribution in [0.25, 0.3) is 11.1 Å². The Bertz CT molecular complexity index is 651. The summed E-state index contributed by atoms with van der Waals surface area (Å²) >= 11 is 0. The topological polar surface area (TPSA) is 63.2 Å². The molecule has 0 radical (unpaired) electrons. The van der Waals surface area contributed by atoms with E-state index in [0.717, 1.165) is 30.0 Å². The Morgan fingerprint density at radius 2 is 2.05 bits per heavy atom. The van der Waals surface area contributed by atoms with E-state index in [1.54, 1.807) is 19.5 Å². The summed E-state index contributed by atoms with van der Waals surface area (Å²) in [5.41, 5.74) is 2.51. The second-order valence-electron chi connectivity index (χ2n) is 5.43. The highest BCUT2D eigenvalue weighted by atomic mass is 16.5. The number of hydrogen-bond donors (Lipinski definition) is 2. The molecule has 0 unspecified atom stereocenters. The van der Waals surface area contributed by atoms with Gasteiger partial charge in [-0.3, -0.25) is 9.78 Å². The van der Waals surface area contributed by atoms with Crippen LogP contribution in [0.1, 0.15) is 10.4 Å². The third-order valence-corrected chi connectivity index (χ3v) is 3.84. The van der Waals surface area contributed by atoms with Gasteiger partial charge in [0.05, 0.1) is 12.7 Å². The fourth-order valence-electron chi connectivity index (χ4n) is 2.34. The summed E-state index contributed by atoms with van der Waals surface area (Å²) in [7, 11) is 1.64. The van der Waals surface area contributed by atoms with E-state index in [-0.39, 0.29) is 5.91 Å². The van der Waals surface area contributed by atoms with Crippen molar-refractivity contribution in [3.63, 3.8) is 0 Å². The van der Waals surface area contributed by atoms with E-state index < -0.39 is 0 Å². The number of rotatable bonds is 5. The summed E-state index contributed by atoms with van der Waals surface area (Å²) in [6.45, 7) is 2.66. The van der Waals surface area contributed by atoms with Gasteiger partial charge in [-0.1, -0.05) is 12.1 Å². The molecule has 0 aliphatic carbocycles. The van der Waals surface area contributed by atoms with Crippen molar-refractivity contribution in [1.29, 1.82) is 0 Å². The van der Waals surface area contributed by atoms with E-state index in [1.807, 2.05) is 30.3 Å². The van der Waals surface area contributed by atoms with E-state index in [2.05, 4.69) is 15.6 Å². The molecule has 1 aliphatic heterocycles. The number of carbonyl (C=O) groups excluding carboxylic acids is 1. The summed E-state index contributed by atoms with van der Waals surface area (Å²) < 4.78 is 5.15. The molecule has 1 aromatic carbocycles. The minimum Gasteiger partial charge on any atom is -0.497 e. The summed E-state index contributed by atoms with van der Waals surface area (Å²) in [4.78, 5) is 16.4. The first-order valence-electron chi connectivity index (χ1n) is 7.34. The molecule has 1 aromatic heterocycles. The molecule has 2 aromatic rings. The normalized spacial score (nSPS) is 14.2. The third kappa shape index (κ3) is 3.26. The highest BCUT2D eigenvalue weighted by Crippen LogP contribution is 2.22. The van der Waals surface area contributed by atoms with Crippen LogP contribution in [0.5, 0.6) is 5.75 Å². The molecule has 1 saturated heterocycles. The standard InChI is InChI=1S/C17H19N3O2/c1-22-16-4-2-13(3-5-16)14-6-15(11-19-10-14)17(21)20-9-12-7-18-8-12/h2-6,10-12,18H,7-9H2,1H3,(H,20,21). The van der Waals surface area contributed by atoms with Crippen molar-refractivity contribution in [2.75, 3.05) is 26.7 Å². The zero-order valence-corrected chi connectivity index (χ0v) is 12.5. The fourth-order valence-corrected chi connectivity index (χ4v) is 2.34. The molecule has 5 nitrogen and oxygen atoms in total. The number of methoxy groups -OCH3 is 1. The number of amides is 1. The molecule has 114 valence electrons. The number of nitrogens with zero attached hydrogens (tertiary/aromatic N) is 1. The third-order valence-electron chi connectivity index (χ3n) is 3.84. The monoisotopic (exact) mass is 297 g/mol. The molecule has 2 heterocycles. The van der Waals surface area contributed by atoms with E-state index in [9.17, 15) is 4.79 Å². The number of ether oxygens (including phenoxy) is 1. The van der Waals surface area contributed by atoms with Gasteiger partial charge in [0.25, 0.3) is 5.91 Å². The highest BCUT2D eigenvalue weighted by molar-refractivity contribution is 5.95. The molecule has 0 bridgehead atoms. The van der Waals surface area contributed by atoms with E-state index in [1.165, 1.54) is 0 Å². The van der Waals surface area contributed by atoms with Crippen LogP contribution in [0.2, 0.25) is 0 Å². The average Bonchev–Trinajstić information content (AvgIpc) is 2.53. The van der Waals surface area contributed by atoms with E-state index >= 15 is 0 Å². The quantitative estimate of drug-likeness (QED) is 0.882. The van der Waals surface area contributed by atoms with Crippen LogP contribution in [0, 0.1) is 5.92 Å². The lowest BCUT2D eigenvalue weighted by molar-refractivity contribution is 0.0942. The Kier molecular flexibility index (Phi) is 4.34. The van der Waals surface area contributed by atoms with Crippen molar-refractivity contribution in [2.24, 2.45) is 5.92 Å². The Labute approximate surface area is 129 Å². The first kappa shape index (κ1) is 14.5. The van der Waals surface area contributed by atoms with Gasteiger partial charge in [-0.25, -0.2) is 0 Å². The van der Waals surface area contributed by atoms with E-state index in [4.69, 9.17) is 4.74 Å². The van der Waals surface area contributed by atoms with Gasteiger partial charge in [0.1, 0.15) is 5.75 Å². The van der Waals surface area contributed by atoms with Crippen molar-refractivity contribution < 1.29 is 9.53 Å². The van der Waals surface area contributed by atoms with Gasteiger partial charge >= 0.3 is 0 Å². The number of aromatic nitrogens is 1. The lowest BCUT2D eigenvalue weighted by Gasteiger charge is -2.27. The van der Waals surface area contributed by atoms with Gasteiger partial charge in [-0.2, -0.15) is 0 Å². The Balaban J connectivity index is 1.71. The predicted octanol–water partition coefficient (Wildman–Crippen LogP) is 1.71. The van der Waals surface area contributed by atoms with Gasteiger partial charge in [-0.15, -0.1) is 0 Å². The maximum Gasteiger partial charge on any atom is 0.252 e. The van der Waals surface area contributed by atoms with Gasteiger partial charge < -0.3 is 15.4 Å². The molecule has 0 atom stereocenters. The molecule has 0 spiro atoms. The van der Waals surface area contributed by atoms with Crippen LogP contribution >= 0.6 is 0 Å². The highest BCUT2D eigenvalue weighted by Gasteiger charge is 2.17. The molecule has 2 N–H and O–H groups in total. The number of hydrogen-bond acceptors (Lipinski definition) is 4. The van der Waals surface area contributed by atoms with Crippen LogP contribution in [0.3, 0.4) is 0 Å². The number of nitrogens with one attached hydrogen (secondary N) is 2. The van der Waals surface area contributed by atoms with Crippen molar-refractivity contribution in [3.05, 3.63) is 48.3 Å². The summed E-state index contributed by atoms with van der Waals surface area (Å²) in [5, 5.41) is 6.15. The second kappa shape index (κ2) is 6.58. The molecule has 3 rings (SSSR count). The first-order chi connectivity index (χ1) is 10.8. The minimum absolute atomic E-state index is 0.0743. The van der Waals surface area contributed by atoms with Gasteiger partial charge in [0.2, 0.25) is 0 Å². The number of pyridine rings is 1. The van der Waals surface area contributed by atoms with E-state index in [0.29, 0.717) is 18.0 Å². The van der Waals surface area contributed by atoms with Crippen LogP contribution in [0.4, 0.5) is 0 Å². The maximum absolute atomic E-state index is 12.2. The Morgan fingerprint density at radius 3 is 2.68 bits per heavy atom. The Morgan fingerprint density at radius 1 is 1.27 bits per heavy atom. The summed E-state index contributed by atoms with van der Waals surface area (Å²) in [5.74, 6) is 1.27. The zero-order chi connectivity index (χ0) is 15.4. The van der Waals surface area contributed by atoms with Crippen molar-refractivity contribution >= 4 is 5.91 Å². The Hall–Kier alpha value is -2.40. The van der Waals surface area contributed by atoms with Crippen molar-refractivity contribution in [1.82, 2.24) is 15.6 Å². The van der Waals surface area contributed by atoms with Gasteiger partial charge in [0.15, 0.2) is 0 Å². The van der Waals surface area contributed by atoms with Crippen LogP contribution in [-0.4, -0.2) is 37.6 Å². The molecule has 5 heteroatoms. The average molecular weight is 297 g/mol. The number of carbonyl (C=O) groups is 1. The number of benzene rings is 1. The lowest BCUT2D eigenvalue weighted by Crippen LogP contribution is -2.48. The molecule has 1 amide bonds. The molecule has 22 heavy (non-hydrogen) atoms. The molecular formula is C17H19N3O2. The molecule has 1 aliphatic rings. The van der Waals surface area contributed by atoms with Gasteiger partial charge in [-0.05, 0) is 23.8 Å². The largest absolute Gasteiger partial charge is 0.497 e. The smallest absolute Gasteiger partial charge is 0.252 e. The fraction of sp³-hybridized carbons (Fsp3) is 0.294.